The monoisotopic (exact) mass is 432 g/mol. The minimum Gasteiger partial charge on any atom is -0.497 e. The van der Waals surface area contributed by atoms with Crippen LogP contribution in [0.3, 0.4) is 0 Å². The molecule has 0 aliphatic rings. The lowest BCUT2D eigenvalue weighted by atomic mass is 10.0. The van der Waals surface area contributed by atoms with Gasteiger partial charge in [-0.25, -0.2) is 9.59 Å². The van der Waals surface area contributed by atoms with E-state index in [4.69, 9.17) is 23.4 Å². The van der Waals surface area contributed by atoms with Gasteiger partial charge in [-0.3, -0.25) is 0 Å². The molecule has 32 heavy (non-hydrogen) atoms. The highest BCUT2D eigenvalue weighted by Gasteiger charge is 2.15. The van der Waals surface area contributed by atoms with E-state index in [9.17, 15) is 9.59 Å². The number of hydrogen-bond donors (Lipinski definition) is 0. The first kappa shape index (κ1) is 21.0. The maximum atomic E-state index is 12.7. The van der Waals surface area contributed by atoms with Crippen LogP contribution < -0.4 is 24.6 Å². The largest absolute Gasteiger partial charge is 0.497 e. The Morgan fingerprint density at radius 3 is 2.09 bits per heavy atom. The summed E-state index contributed by atoms with van der Waals surface area (Å²) in [5, 5.41) is 0.661. The number of methoxy groups -OCH3 is 3. The molecule has 7 nitrogen and oxygen atoms in total. The highest BCUT2D eigenvalue weighted by molar-refractivity contribution is 5.92. The van der Waals surface area contributed by atoms with Crippen molar-refractivity contribution in [3.63, 3.8) is 0 Å². The fourth-order valence-corrected chi connectivity index (χ4v) is 3.26. The number of hydrogen-bond acceptors (Lipinski definition) is 7. The van der Waals surface area contributed by atoms with Crippen LogP contribution in [0.2, 0.25) is 0 Å². The van der Waals surface area contributed by atoms with Crippen molar-refractivity contribution in [2.75, 3.05) is 21.3 Å². The summed E-state index contributed by atoms with van der Waals surface area (Å²) >= 11 is 0. The van der Waals surface area contributed by atoms with Crippen molar-refractivity contribution < 1.29 is 28.2 Å². The average Bonchev–Trinajstić information content (AvgIpc) is 2.83. The van der Waals surface area contributed by atoms with Gasteiger partial charge in [-0.1, -0.05) is 0 Å². The fraction of sp³-hybridized carbons (Fsp3) is 0.120. The Balaban J connectivity index is 1.66. The minimum absolute atomic E-state index is 0.258. The zero-order valence-electron chi connectivity index (χ0n) is 17.7. The van der Waals surface area contributed by atoms with Crippen LogP contribution in [0.25, 0.3) is 22.1 Å². The molecule has 0 saturated heterocycles. The Bertz CT molecular complexity index is 1340. The van der Waals surface area contributed by atoms with Gasteiger partial charge in [-0.05, 0) is 60.7 Å². The highest BCUT2D eigenvalue weighted by atomic mass is 16.5. The summed E-state index contributed by atoms with van der Waals surface area (Å²) in [5.41, 5.74) is 0.991. The van der Waals surface area contributed by atoms with Crippen LogP contribution in [0.1, 0.15) is 10.4 Å². The van der Waals surface area contributed by atoms with Crippen LogP contribution >= 0.6 is 0 Å². The topological polar surface area (TPSA) is 84.2 Å². The van der Waals surface area contributed by atoms with Crippen LogP contribution in [0.15, 0.2) is 75.9 Å². The van der Waals surface area contributed by atoms with E-state index in [0.29, 0.717) is 44.9 Å². The van der Waals surface area contributed by atoms with Crippen molar-refractivity contribution in [2.24, 2.45) is 0 Å². The number of ether oxygens (including phenoxy) is 4. The molecule has 0 N–H and O–H groups in total. The number of carbonyl (C=O) groups excluding carboxylic acids is 1. The van der Waals surface area contributed by atoms with E-state index in [-0.39, 0.29) is 5.75 Å². The van der Waals surface area contributed by atoms with Gasteiger partial charge in [-0.15, -0.1) is 0 Å². The number of rotatable bonds is 6. The first-order valence-electron chi connectivity index (χ1n) is 9.69. The molecule has 7 heteroatoms. The summed E-state index contributed by atoms with van der Waals surface area (Å²) in [4.78, 5) is 25.1. The molecule has 0 aliphatic heterocycles. The Kier molecular flexibility index (Phi) is 5.81. The van der Waals surface area contributed by atoms with Gasteiger partial charge in [0.2, 0.25) is 0 Å². The molecule has 0 radical (unpaired) electrons. The number of esters is 1. The van der Waals surface area contributed by atoms with E-state index in [2.05, 4.69) is 0 Å². The smallest absolute Gasteiger partial charge is 0.344 e. The first-order chi connectivity index (χ1) is 15.5. The molecule has 0 saturated carbocycles. The lowest BCUT2D eigenvalue weighted by Crippen LogP contribution is -2.08. The molecule has 0 aliphatic carbocycles. The molecule has 1 heterocycles. The second kappa shape index (κ2) is 8.85. The van der Waals surface area contributed by atoms with Gasteiger partial charge in [0.1, 0.15) is 28.6 Å². The third-order valence-electron chi connectivity index (χ3n) is 4.94. The quantitative estimate of drug-likeness (QED) is 0.248. The van der Waals surface area contributed by atoms with Crippen molar-refractivity contribution in [1.82, 2.24) is 0 Å². The second-order valence-corrected chi connectivity index (χ2v) is 6.83. The van der Waals surface area contributed by atoms with Gasteiger partial charge in [0, 0.05) is 17.0 Å². The maximum absolute atomic E-state index is 12.7. The van der Waals surface area contributed by atoms with Crippen molar-refractivity contribution >= 4 is 16.9 Å². The van der Waals surface area contributed by atoms with Gasteiger partial charge < -0.3 is 23.4 Å². The molecule has 0 amide bonds. The lowest BCUT2D eigenvalue weighted by molar-refractivity contribution is 0.0735. The standard InChI is InChI=1S/C25H20O7/c1-28-17-7-4-15(5-8-17)24(26)31-19-9-6-16-12-21(25(27)32-23(16)14-19)20-13-18(29-2)10-11-22(20)30-3/h4-14H,1-3H3. The zero-order chi connectivity index (χ0) is 22.7. The molecular weight excluding hydrogens is 412 g/mol. The number of benzene rings is 3. The second-order valence-electron chi connectivity index (χ2n) is 6.83. The van der Waals surface area contributed by atoms with Gasteiger partial charge >= 0.3 is 11.6 Å². The molecule has 0 spiro atoms. The molecule has 0 atom stereocenters. The van der Waals surface area contributed by atoms with E-state index in [0.717, 1.165) is 0 Å². The summed E-state index contributed by atoms with van der Waals surface area (Å²) in [7, 11) is 4.62. The summed E-state index contributed by atoms with van der Waals surface area (Å²) in [6, 6.07) is 18.3. The summed E-state index contributed by atoms with van der Waals surface area (Å²) in [5.74, 6) is 1.46. The van der Waals surface area contributed by atoms with Crippen molar-refractivity contribution in [1.29, 1.82) is 0 Å². The maximum Gasteiger partial charge on any atom is 0.344 e. The van der Waals surface area contributed by atoms with Crippen molar-refractivity contribution in [3.8, 4) is 34.1 Å². The summed E-state index contributed by atoms with van der Waals surface area (Å²) in [6.07, 6.45) is 0. The van der Waals surface area contributed by atoms with E-state index in [1.165, 1.54) is 13.2 Å². The summed E-state index contributed by atoms with van der Waals surface area (Å²) < 4.78 is 26.7. The SMILES string of the molecule is COc1ccc(C(=O)Oc2ccc3cc(-c4cc(OC)ccc4OC)c(=O)oc3c2)cc1. The predicted molar refractivity (Wildman–Crippen MR) is 119 cm³/mol. The Labute approximate surface area is 183 Å². The lowest BCUT2D eigenvalue weighted by Gasteiger charge is -2.11. The van der Waals surface area contributed by atoms with E-state index >= 15 is 0 Å². The fourth-order valence-electron chi connectivity index (χ4n) is 3.26. The Morgan fingerprint density at radius 2 is 1.41 bits per heavy atom. The van der Waals surface area contributed by atoms with Crippen LogP contribution in [0.5, 0.6) is 23.0 Å². The Hall–Kier alpha value is -4.26. The van der Waals surface area contributed by atoms with Gasteiger partial charge in [0.25, 0.3) is 0 Å². The average molecular weight is 432 g/mol. The third-order valence-corrected chi connectivity index (χ3v) is 4.94. The van der Waals surface area contributed by atoms with Gasteiger partial charge in [0.15, 0.2) is 0 Å². The van der Waals surface area contributed by atoms with Gasteiger partial charge in [-0.2, -0.15) is 0 Å². The predicted octanol–water partition coefficient (Wildman–Crippen LogP) is 4.71. The van der Waals surface area contributed by atoms with Crippen LogP contribution in [0.4, 0.5) is 0 Å². The van der Waals surface area contributed by atoms with Crippen LogP contribution in [-0.2, 0) is 0 Å². The molecule has 4 rings (SSSR count). The molecule has 0 bridgehead atoms. The molecule has 0 unspecified atom stereocenters. The first-order valence-corrected chi connectivity index (χ1v) is 9.69. The molecule has 1 aromatic heterocycles. The number of carbonyl (C=O) groups is 1. The van der Waals surface area contributed by atoms with E-state index in [1.54, 1.807) is 74.9 Å². The van der Waals surface area contributed by atoms with Crippen molar-refractivity contribution in [2.45, 2.75) is 0 Å². The third kappa shape index (κ3) is 4.13. The van der Waals surface area contributed by atoms with Crippen LogP contribution in [-0.4, -0.2) is 27.3 Å². The van der Waals surface area contributed by atoms with Gasteiger partial charge in [0.05, 0.1) is 32.5 Å². The molecular formula is C25H20O7. The normalized spacial score (nSPS) is 10.6. The van der Waals surface area contributed by atoms with E-state index in [1.807, 2.05) is 0 Å². The Morgan fingerprint density at radius 1 is 0.719 bits per heavy atom. The molecule has 0 fully saturated rings. The molecule has 162 valence electrons. The highest BCUT2D eigenvalue weighted by Crippen LogP contribution is 2.33. The minimum atomic E-state index is -0.553. The zero-order valence-corrected chi connectivity index (χ0v) is 17.7. The molecule has 3 aromatic carbocycles. The van der Waals surface area contributed by atoms with E-state index < -0.39 is 11.6 Å². The van der Waals surface area contributed by atoms with Crippen molar-refractivity contribution in [3.05, 3.63) is 82.7 Å². The van der Waals surface area contributed by atoms with Crippen LogP contribution in [0, 0.1) is 0 Å². The molecule has 4 aromatic rings. The number of fused-ring (bicyclic) bond motifs is 1. The summed E-state index contributed by atoms with van der Waals surface area (Å²) in [6.45, 7) is 0.